The van der Waals surface area contributed by atoms with Crippen LogP contribution in [0.4, 0.5) is 0 Å². The molecule has 0 saturated carbocycles. The van der Waals surface area contributed by atoms with Gasteiger partial charge in [-0.2, -0.15) is 0 Å². The SMILES string of the molecule is CC(Cc1ccc(OCCCN)cc1)(Oc1ccccc1)C(=O)O. The molecule has 5 heteroatoms. The Kier molecular flexibility index (Phi) is 6.21. The molecule has 2 aromatic rings. The van der Waals surface area contributed by atoms with Gasteiger partial charge in [-0.05, 0) is 49.7 Å². The van der Waals surface area contributed by atoms with E-state index in [0.29, 0.717) is 18.9 Å². The van der Waals surface area contributed by atoms with Gasteiger partial charge in [0.1, 0.15) is 11.5 Å². The molecule has 0 spiro atoms. The average Bonchev–Trinajstić information content (AvgIpc) is 2.57. The van der Waals surface area contributed by atoms with Crippen molar-refractivity contribution in [3.8, 4) is 11.5 Å². The highest BCUT2D eigenvalue weighted by Crippen LogP contribution is 2.24. The van der Waals surface area contributed by atoms with E-state index in [9.17, 15) is 9.90 Å². The number of benzene rings is 2. The molecule has 1 unspecified atom stereocenters. The fourth-order valence-corrected chi connectivity index (χ4v) is 2.27. The van der Waals surface area contributed by atoms with Crippen molar-refractivity contribution in [3.05, 3.63) is 60.2 Å². The zero-order valence-electron chi connectivity index (χ0n) is 13.8. The van der Waals surface area contributed by atoms with Gasteiger partial charge in [0.05, 0.1) is 6.61 Å². The summed E-state index contributed by atoms with van der Waals surface area (Å²) < 4.78 is 11.3. The highest BCUT2D eigenvalue weighted by atomic mass is 16.5. The van der Waals surface area contributed by atoms with Crippen LogP contribution in [-0.2, 0) is 11.2 Å². The molecule has 0 bridgehead atoms. The number of nitrogens with two attached hydrogens (primary N) is 1. The van der Waals surface area contributed by atoms with Crippen LogP contribution in [0.2, 0.25) is 0 Å². The highest BCUT2D eigenvalue weighted by molar-refractivity contribution is 5.78. The normalized spacial score (nSPS) is 13.1. The first-order valence-electron chi connectivity index (χ1n) is 7.93. The predicted octanol–water partition coefficient (Wildman–Crippen LogP) is 2.88. The summed E-state index contributed by atoms with van der Waals surface area (Å²) in [6, 6.07) is 16.3. The zero-order valence-corrected chi connectivity index (χ0v) is 13.8. The molecule has 0 radical (unpaired) electrons. The van der Waals surface area contributed by atoms with Crippen LogP contribution in [0.5, 0.6) is 11.5 Å². The Morgan fingerprint density at radius 3 is 2.33 bits per heavy atom. The second-order valence-corrected chi connectivity index (χ2v) is 5.76. The van der Waals surface area contributed by atoms with Crippen LogP contribution in [0.1, 0.15) is 18.9 Å². The number of hydrogen-bond acceptors (Lipinski definition) is 4. The molecule has 24 heavy (non-hydrogen) atoms. The van der Waals surface area contributed by atoms with E-state index in [0.717, 1.165) is 17.7 Å². The molecule has 128 valence electrons. The number of carboxylic acids is 1. The lowest BCUT2D eigenvalue weighted by Crippen LogP contribution is -2.43. The summed E-state index contributed by atoms with van der Waals surface area (Å²) >= 11 is 0. The van der Waals surface area contributed by atoms with E-state index < -0.39 is 11.6 Å². The molecule has 0 aliphatic carbocycles. The van der Waals surface area contributed by atoms with Gasteiger partial charge in [-0.15, -0.1) is 0 Å². The van der Waals surface area contributed by atoms with E-state index in [4.69, 9.17) is 15.2 Å². The summed E-state index contributed by atoms with van der Waals surface area (Å²) in [4.78, 5) is 11.7. The summed E-state index contributed by atoms with van der Waals surface area (Å²) in [5.74, 6) is 0.270. The van der Waals surface area contributed by atoms with Crippen LogP contribution in [-0.4, -0.2) is 29.8 Å². The molecule has 0 aliphatic rings. The van der Waals surface area contributed by atoms with Crippen molar-refractivity contribution in [2.75, 3.05) is 13.2 Å². The maximum atomic E-state index is 11.7. The molecule has 5 nitrogen and oxygen atoms in total. The third kappa shape index (κ3) is 4.99. The first-order chi connectivity index (χ1) is 11.5. The number of carbonyl (C=O) groups is 1. The largest absolute Gasteiger partial charge is 0.494 e. The van der Waals surface area contributed by atoms with Crippen LogP contribution in [0.25, 0.3) is 0 Å². The average molecular weight is 329 g/mol. The summed E-state index contributed by atoms with van der Waals surface area (Å²) in [7, 11) is 0. The van der Waals surface area contributed by atoms with Crippen molar-refractivity contribution < 1.29 is 19.4 Å². The maximum Gasteiger partial charge on any atom is 0.348 e. The van der Waals surface area contributed by atoms with E-state index >= 15 is 0 Å². The molecule has 0 saturated heterocycles. The molecule has 0 aliphatic heterocycles. The van der Waals surface area contributed by atoms with Crippen molar-refractivity contribution >= 4 is 5.97 Å². The molecule has 0 fully saturated rings. The maximum absolute atomic E-state index is 11.7. The van der Waals surface area contributed by atoms with Gasteiger partial charge >= 0.3 is 5.97 Å². The number of carboxylic acid groups (broad SMARTS) is 1. The summed E-state index contributed by atoms with van der Waals surface area (Å²) in [5.41, 5.74) is 4.95. The Bertz CT molecular complexity index is 642. The van der Waals surface area contributed by atoms with Crippen LogP contribution >= 0.6 is 0 Å². The zero-order chi connectivity index (χ0) is 17.4. The molecular weight excluding hydrogens is 306 g/mol. The lowest BCUT2D eigenvalue weighted by atomic mass is 9.96. The summed E-state index contributed by atoms with van der Waals surface area (Å²) in [6.45, 7) is 2.74. The van der Waals surface area contributed by atoms with E-state index in [-0.39, 0.29) is 6.42 Å². The second kappa shape index (κ2) is 8.36. The standard InChI is InChI=1S/C19H23NO4/c1-19(18(21)22,24-17-6-3-2-4-7-17)14-15-8-10-16(11-9-15)23-13-5-12-20/h2-4,6-11H,5,12-14,20H2,1H3,(H,21,22). The fraction of sp³-hybridized carbons (Fsp3) is 0.316. The number of para-hydroxylation sites is 1. The Hall–Kier alpha value is -2.53. The van der Waals surface area contributed by atoms with Crippen LogP contribution in [0.3, 0.4) is 0 Å². The van der Waals surface area contributed by atoms with Crippen LogP contribution in [0, 0.1) is 0 Å². The second-order valence-electron chi connectivity index (χ2n) is 5.76. The minimum Gasteiger partial charge on any atom is -0.494 e. The van der Waals surface area contributed by atoms with Crippen LogP contribution < -0.4 is 15.2 Å². The van der Waals surface area contributed by atoms with Gasteiger partial charge in [0.2, 0.25) is 5.60 Å². The van der Waals surface area contributed by atoms with Gasteiger partial charge in [-0.3, -0.25) is 0 Å². The van der Waals surface area contributed by atoms with E-state index in [1.807, 2.05) is 42.5 Å². The van der Waals surface area contributed by atoms with Gasteiger partial charge in [-0.25, -0.2) is 4.79 Å². The van der Waals surface area contributed by atoms with Crippen molar-refractivity contribution in [1.82, 2.24) is 0 Å². The minimum atomic E-state index is -1.34. The summed E-state index contributed by atoms with van der Waals surface area (Å²) in [5, 5.41) is 9.59. The van der Waals surface area contributed by atoms with E-state index in [2.05, 4.69) is 0 Å². The Balaban J connectivity index is 2.06. The molecule has 2 aromatic carbocycles. The van der Waals surface area contributed by atoms with Crippen LogP contribution in [0.15, 0.2) is 54.6 Å². The van der Waals surface area contributed by atoms with Gasteiger partial charge < -0.3 is 20.3 Å². The first kappa shape index (κ1) is 17.8. The highest BCUT2D eigenvalue weighted by Gasteiger charge is 2.36. The minimum absolute atomic E-state index is 0.250. The first-order valence-corrected chi connectivity index (χ1v) is 7.93. The molecule has 0 aromatic heterocycles. The Morgan fingerprint density at radius 2 is 1.75 bits per heavy atom. The quantitative estimate of drug-likeness (QED) is 0.691. The molecule has 3 N–H and O–H groups in total. The van der Waals surface area contributed by atoms with Gasteiger partial charge in [-0.1, -0.05) is 30.3 Å². The third-order valence-electron chi connectivity index (χ3n) is 3.62. The van der Waals surface area contributed by atoms with E-state index in [1.54, 1.807) is 19.1 Å². The van der Waals surface area contributed by atoms with Gasteiger partial charge in [0.15, 0.2) is 0 Å². The number of ether oxygens (including phenoxy) is 2. The molecule has 0 heterocycles. The van der Waals surface area contributed by atoms with Crippen molar-refractivity contribution in [3.63, 3.8) is 0 Å². The lowest BCUT2D eigenvalue weighted by molar-refractivity contribution is -0.153. The Labute approximate surface area is 142 Å². The monoisotopic (exact) mass is 329 g/mol. The molecule has 1 atom stereocenters. The summed E-state index contributed by atoms with van der Waals surface area (Å²) in [6.07, 6.45) is 1.05. The number of aliphatic carboxylic acids is 1. The van der Waals surface area contributed by atoms with E-state index in [1.165, 1.54) is 0 Å². The third-order valence-corrected chi connectivity index (χ3v) is 3.62. The smallest absolute Gasteiger partial charge is 0.348 e. The molecule has 2 rings (SSSR count). The Morgan fingerprint density at radius 1 is 1.08 bits per heavy atom. The van der Waals surface area contributed by atoms with Gasteiger partial charge in [0, 0.05) is 6.42 Å². The molecular formula is C19H23NO4. The molecule has 0 amide bonds. The number of hydrogen-bond donors (Lipinski definition) is 2. The topological polar surface area (TPSA) is 81.8 Å². The lowest BCUT2D eigenvalue weighted by Gasteiger charge is -2.26. The van der Waals surface area contributed by atoms with Crippen molar-refractivity contribution in [2.24, 2.45) is 5.73 Å². The van der Waals surface area contributed by atoms with Crippen molar-refractivity contribution in [1.29, 1.82) is 0 Å². The number of rotatable bonds is 9. The van der Waals surface area contributed by atoms with Crippen molar-refractivity contribution in [2.45, 2.75) is 25.4 Å². The fourth-order valence-electron chi connectivity index (χ4n) is 2.27. The predicted molar refractivity (Wildman–Crippen MR) is 92.4 cm³/mol. The van der Waals surface area contributed by atoms with Gasteiger partial charge in [0.25, 0.3) is 0 Å².